The van der Waals surface area contributed by atoms with Crippen molar-refractivity contribution in [2.75, 3.05) is 32.8 Å². The largest absolute Gasteiger partial charge is 0.395 e. The number of hydrogen-bond donors (Lipinski definition) is 2. The van der Waals surface area contributed by atoms with Gasteiger partial charge in [-0.3, -0.25) is 4.79 Å². The summed E-state index contributed by atoms with van der Waals surface area (Å²) in [7, 11) is 0. The number of rotatable bonds is 7. The summed E-state index contributed by atoms with van der Waals surface area (Å²) in [4.78, 5) is 14.3. The van der Waals surface area contributed by atoms with E-state index in [9.17, 15) is 4.79 Å². The monoisotopic (exact) mass is 240 g/mol. The van der Waals surface area contributed by atoms with Crippen LogP contribution in [-0.2, 0) is 4.79 Å². The summed E-state index contributed by atoms with van der Waals surface area (Å²) >= 11 is 0. The smallest absolute Gasteiger partial charge is 0.230 e. The lowest BCUT2D eigenvalue weighted by molar-refractivity contribution is -0.141. The average molecular weight is 240 g/mol. The van der Waals surface area contributed by atoms with E-state index in [1.807, 2.05) is 0 Å². The fourth-order valence-corrected chi connectivity index (χ4v) is 2.61. The van der Waals surface area contributed by atoms with Gasteiger partial charge in [-0.15, -0.1) is 6.58 Å². The van der Waals surface area contributed by atoms with Gasteiger partial charge in [-0.2, -0.15) is 0 Å². The summed E-state index contributed by atoms with van der Waals surface area (Å²) in [5.74, 6) is 0.165. The molecular formula is C13H24N2O2. The zero-order chi connectivity index (χ0) is 12.7. The van der Waals surface area contributed by atoms with Gasteiger partial charge in [-0.25, -0.2) is 0 Å². The first-order valence-corrected chi connectivity index (χ1v) is 6.42. The third kappa shape index (κ3) is 3.30. The van der Waals surface area contributed by atoms with Crippen LogP contribution in [0, 0.1) is 5.41 Å². The number of carbonyl (C=O) groups excluding carboxylic acids is 1. The van der Waals surface area contributed by atoms with E-state index < -0.39 is 0 Å². The van der Waals surface area contributed by atoms with Gasteiger partial charge in [-0.1, -0.05) is 19.4 Å². The Bertz CT molecular complexity index is 260. The molecule has 98 valence electrons. The molecule has 1 aliphatic rings. The van der Waals surface area contributed by atoms with Gasteiger partial charge in [0.25, 0.3) is 0 Å². The lowest BCUT2D eigenvalue weighted by Crippen LogP contribution is -2.46. The molecule has 1 saturated heterocycles. The molecule has 0 bridgehead atoms. The molecule has 1 atom stereocenters. The topological polar surface area (TPSA) is 52.6 Å². The number of nitrogens with one attached hydrogen (secondary N) is 1. The predicted octanol–water partition coefficient (Wildman–Crippen LogP) is 0.773. The van der Waals surface area contributed by atoms with E-state index in [4.69, 9.17) is 5.11 Å². The third-order valence-corrected chi connectivity index (χ3v) is 3.43. The first-order chi connectivity index (χ1) is 8.20. The highest BCUT2D eigenvalue weighted by atomic mass is 16.3. The van der Waals surface area contributed by atoms with Crippen molar-refractivity contribution >= 4 is 5.91 Å². The summed E-state index contributed by atoms with van der Waals surface area (Å²) in [5, 5.41) is 12.3. The fourth-order valence-electron chi connectivity index (χ4n) is 2.61. The van der Waals surface area contributed by atoms with E-state index in [2.05, 4.69) is 18.8 Å². The Morgan fingerprint density at radius 1 is 1.65 bits per heavy atom. The summed E-state index contributed by atoms with van der Waals surface area (Å²) in [5.41, 5.74) is -0.257. The highest BCUT2D eigenvalue weighted by molar-refractivity contribution is 5.83. The molecule has 4 nitrogen and oxygen atoms in total. The molecule has 1 fully saturated rings. The van der Waals surface area contributed by atoms with E-state index >= 15 is 0 Å². The van der Waals surface area contributed by atoms with Crippen LogP contribution >= 0.6 is 0 Å². The normalized spacial score (nSPS) is 23.6. The van der Waals surface area contributed by atoms with Crippen LogP contribution in [0.25, 0.3) is 0 Å². The van der Waals surface area contributed by atoms with Gasteiger partial charge in [0.2, 0.25) is 5.91 Å². The molecular weight excluding hydrogens is 216 g/mol. The van der Waals surface area contributed by atoms with Gasteiger partial charge in [0.05, 0.1) is 12.0 Å². The number of aliphatic hydroxyl groups excluding tert-OH is 1. The molecule has 1 unspecified atom stereocenters. The molecule has 1 amide bonds. The molecule has 0 aromatic rings. The Morgan fingerprint density at radius 3 is 2.88 bits per heavy atom. The van der Waals surface area contributed by atoms with Gasteiger partial charge in [-0.05, 0) is 19.4 Å². The van der Waals surface area contributed by atoms with Gasteiger partial charge in [0, 0.05) is 19.6 Å². The number of aliphatic hydroxyl groups is 1. The first-order valence-electron chi connectivity index (χ1n) is 6.42. The van der Waals surface area contributed by atoms with Crippen LogP contribution in [0.3, 0.4) is 0 Å². The Morgan fingerprint density at radius 2 is 2.41 bits per heavy atom. The van der Waals surface area contributed by atoms with Crippen LogP contribution in [0.5, 0.6) is 0 Å². The van der Waals surface area contributed by atoms with Crippen molar-refractivity contribution in [1.29, 1.82) is 0 Å². The minimum absolute atomic E-state index is 0.00914. The number of nitrogens with zero attached hydrogens (tertiary/aromatic N) is 1. The SMILES string of the molecule is C=CCN(CCO)C(=O)C1(CCC)CCNC1. The van der Waals surface area contributed by atoms with E-state index in [0.717, 1.165) is 32.4 Å². The van der Waals surface area contributed by atoms with Gasteiger partial charge < -0.3 is 15.3 Å². The van der Waals surface area contributed by atoms with Crippen LogP contribution in [0.4, 0.5) is 0 Å². The van der Waals surface area contributed by atoms with Crippen molar-refractivity contribution in [1.82, 2.24) is 10.2 Å². The van der Waals surface area contributed by atoms with Crippen LogP contribution in [0.15, 0.2) is 12.7 Å². The van der Waals surface area contributed by atoms with Crippen molar-refractivity contribution in [3.63, 3.8) is 0 Å². The average Bonchev–Trinajstić information content (AvgIpc) is 2.78. The molecule has 1 rings (SSSR count). The highest BCUT2D eigenvalue weighted by Gasteiger charge is 2.42. The minimum Gasteiger partial charge on any atom is -0.395 e. The van der Waals surface area contributed by atoms with Crippen LogP contribution < -0.4 is 5.32 Å². The molecule has 1 heterocycles. The maximum atomic E-state index is 12.6. The summed E-state index contributed by atoms with van der Waals surface area (Å²) < 4.78 is 0. The molecule has 2 N–H and O–H groups in total. The van der Waals surface area contributed by atoms with Crippen LogP contribution in [0.2, 0.25) is 0 Å². The predicted molar refractivity (Wildman–Crippen MR) is 68.7 cm³/mol. The lowest BCUT2D eigenvalue weighted by atomic mass is 9.81. The van der Waals surface area contributed by atoms with E-state index in [0.29, 0.717) is 13.1 Å². The van der Waals surface area contributed by atoms with Gasteiger partial charge >= 0.3 is 0 Å². The van der Waals surface area contributed by atoms with E-state index in [-0.39, 0.29) is 17.9 Å². The van der Waals surface area contributed by atoms with E-state index in [1.165, 1.54) is 0 Å². The molecule has 0 aromatic carbocycles. The highest BCUT2D eigenvalue weighted by Crippen LogP contribution is 2.33. The Labute approximate surface area is 104 Å². The fraction of sp³-hybridized carbons (Fsp3) is 0.769. The summed E-state index contributed by atoms with van der Waals surface area (Å²) in [6.45, 7) is 8.38. The molecule has 1 aliphatic heterocycles. The zero-order valence-electron chi connectivity index (χ0n) is 10.7. The van der Waals surface area contributed by atoms with Crippen molar-refractivity contribution < 1.29 is 9.90 Å². The molecule has 4 heteroatoms. The van der Waals surface area contributed by atoms with Crippen molar-refractivity contribution in [3.8, 4) is 0 Å². The Hall–Kier alpha value is -0.870. The van der Waals surface area contributed by atoms with Crippen LogP contribution in [0.1, 0.15) is 26.2 Å². The number of amides is 1. The van der Waals surface area contributed by atoms with E-state index in [1.54, 1.807) is 11.0 Å². The van der Waals surface area contributed by atoms with Gasteiger partial charge in [0.1, 0.15) is 0 Å². The second-order valence-electron chi connectivity index (χ2n) is 4.72. The Balaban J connectivity index is 2.77. The quantitative estimate of drug-likeness (QED) is 0.646. The van der Waals surface area contributed by atoms with Crippen molar-refractivity contribution in [3.05, 3.63) is 12.7 Å². The molecule has 0 radical (unpaired) electrons. The Kier molecular flexibility index (Phi) is 5.65. The minimum atomic E-state index is -0.257. The summed E-state index contributed by atoms with van der Waals surface area (Å²) in [6, 6.07) is 0. The number of carbonyl (C=O) groups is 1. The maximum absolute atomic E-state index is 12.6. The second kappa shape index (κ2) is 6.77. The molecule has 0 saturated carbocycles. The molecule has 0 spiro atoms. The van der Waals surface area contributed by atoms with Crippen LogP contribution in [-0.4, -0.2) is 48.7 Å². The third-order valence-electron chi connectivity index (χ3n) is 3.43. The number of hydrogen-bond acceptors (Lipinski definition) is 3. The molecule has 0 aliphatic carbocycles. The van der Waals surface area contributed by atoms with Crippen molar-refractivity contribution in [2.24, 2.45) is 5.41 Å². The maximum Gasteiger partial charge on any atom is 0.230 e. The van der Waals surface area contributed by atoms with Gasteiger partial charge in [0.15, 0.2) is 0 Å². The first kappa shape index (κ1) is 14.2. The van der Waals surface area contributed by atoms with Crippen molar-refractivity contribution in [2.45, 2.75) is 26.2 Å². The second-order valence-corrected chi connectivity index (χ2v) is 4.72. The lowest BCUT2D eigenvalue weighted by Gasteiger charge is -2.33. The summed E-state index contributed by atoms with van der Waals surface area (Å²) in [6.07, 6.45) is 4.54. The zero-order valence-corrected chi connectivity index (χ0v) is 10.7. The molecule has 0 aromatic heterocycles. The molecule has 17 heavy (non-hydrogen) atoms. The standard InChI is InChI=1S/C13H24N2O2/c1-3-5-13(6-7-14-11-13)12(17)15(8-4-2)9-10-16/h4,14,16H,2-3,5-11H2,1H3.